The van der Waals surface area contributed by atoms with Gasteiger partial charge in [0.05, 0.1) is 6.61 Å². The van der Waals surface area contributed by atoms with Crippen LogP contribution < -0.4 is 5.73 Å². The molecule has 18 heavy (non-hydrogen) atoms. The number of methoxy groups -OCH3 is 1. The average Bonchev–Trinajstić information content (AvgIpc) is 2.28. The second-order valence-corrected chi connectivity index (χ2v) is 5.02. The number of hydrogen-bond acceptors (Lipinski definition) is 5. The summed E-state index contributed by atoms with van der Waals surface area (Å²) in [7, 11) is 3.72. The first-order chi connectivity index (χ1) is 8.35. The number of esters is 1. The quantitative estimate of drug-likeness (QED) is 0.495. The predicted octanol–water partition coefficient (Wildman–Crippen LogP) is 1.01. The van der Waals surface area contributed by atoms with E-state index in [2.05, 4.69) is 11.8 Å². The highest BCUT2D eigenvalue weighted by Gasteiger charge is 2.32. The molecule has 2 N–H and O–H groups in total. The molecule has 0 spiro atoms. The predicted molar refractivity (Wildman–Crippen MR) is 72.4 cm³/mol. The first-order valence-corrected chi connectivity index (χ1v) is 6.50. The van der Waals surface area contributed by atoms with Crippen molar-refractivity contribution in [2.45, 2.75) is 45.2 Å². The number of hydrogen-bond donors (Lipinski definition) is 1. The van der Waals surface area contributed by atoms with E-state index in [-0.39, 0.29) is 12.0 Å². The Bertz CT molecular complexity index is 244. The summed E-state index contributed by atoms with van der Waals surface area (Å²) < 4.78 is 10.0. The molecular formula is C13H28N2O3. The molecule has 2 unspecified atom stereocenters. The molecular weight excluding hydrogens is 232 g/mol. The summed E-state index contributed by atoms with van der Waals surface area (Å²) in [5.74, 6) is -0.331. The topological polar surface area (TPSA) is 64.8 Å². The van der Waals surface area contributed by atoms with E-state index in [0.717, 1.165) is 19.6 Å². The van der Waals surface area contributed by atoms with Gasteiger partial charge in [0.1, 0.15) is 5.54 Å². The molecule has 0 bridgehead atoms. The van der Waals surface area contributed by atoms with Gasteiger partial charge in [-0.05, 0) is 40.7 Å². The fraction of sp³-hybridized carbons (Fsp3) is 0.923. The number of rotatable bonds is 9. The van der Waals surface area contributed by atoms with E-state index in [4.69, 9.17) is 15.2 Å². The zero-order chi connectivity index (χ0) is 14.2. The minimum absolute atomic E-state index is 0.223. The highest BCUT2D eigenvalue weighted by molar-refractivity contribution is 5.80. The standard InChI is InChI=1S/C13H28N2O3/c1-6-18-12(16)13(3,14)10-11(2)15(4)8-7-9-17-5/h11H,6-10,14H2,1-5H3. The Morgan fingerprint density at radius 2 is 2.11 bits per heavy atom. The Balaban J connectivity index is 4.18. The Morgan fingerprint density at radius 1 is 1.50 bits per heavy atom. The van der Waals surface area contributed by atoms with Gasteiger partial charge < -0.3 is 20.1 Å². The summed E-state index contributed by atoms with van der Waals surface area (Å²) in [5.41, 5.74) is 5.09. The first-order valence-electron chi connectivity index (χ1n) is 6.50. The zero-order valence-corrected chi connectivity index (χ0v) is 12.4. The SMILES string of the molecule is CCOC(=O)C(C)(N)CC(C)N(C)CCCOC. The molecule has 5 nitrogen and oxygen atoms in total. The number of nitrogens with zero attached hydrogens (tertiary/aromatic N) is 1. The number of ether oxygens (including phenoxy) is 2. The van der Waals surface area contributed by atoms with Gasteiger partial charge in [-0.1, -0.05) is 0 Å². The van der Waals surface area contributed by atoms with E-state index in [9.17, 15) is 4.79 Å². The molecule has 0 fully saturated rings. The zero-order valence-electron chi connectivity index (χ0n) is 12.4. The smallest absolute Gasteiger partial charge is 0.325 e. The summed E-state index contributed by atoms with van der Waals surface area (Å²) in [6.45, 7) is 7.61. The summed E-state index contributed by atoms with van der Waals surface area (Å²) in [6.07, 6.45) is 1.55. The van der Waals surface area contributed by atoms with Crippen LogP contribution in [0, 0.1) is 0 Å². The molecule has 0 aromatic carbocycles. The van der Waals surface area contributed by atoms with Crippen LogP contribution in [-0.2, 0) is 14.3 Å². The monoisotopic (exact) mass is 260 g/mol. The molecule has 0 rings (SSSR count). The van der Waals surface area contributed by atoms with Crippen LogP contribution in [0.5, 0.6) is 0 Å². The van der Waals surface area contributed by atoms with Crippen LogP contribution in [0.15, 0.2) is 0 Å². The van der Waals surface area contributed by atoms with Crippen LogP contribution in [-0.4, -0.2) is 56.4 Å². The molecule has 0 aliphatic heterocycles. The summed E-state index contributed by atoms with van der Waals surface area (Å²) in [5, 5.41) is 0. The normalized spacial score (nSPS) is 16.4. The van der Waals surface area contributed by atoms with Crippen molar-refractivity contribution in [1.29, 1.82) is 0 Å². The second-order valence-electron chi connectivity index (χ2n) is 5.02. The third-order valence-electron chi connectivity index (χ3n) is 3.07. The van der Waals surface area contributed by atoms with Crippen molar-refractivity contribution < 1.29 is 14.3 Å². The van der Waals surface area contributed by atoms with Crippen molar-refractivity contribution in [2.75, 3.05) is 33.9 Å². The Kier molecular flexibility index (Phi) is 8.15. The lowest BCUT2D eigenvalue weighted by atomic mass is 9.94. The number of carbonyl (C=O) groups excluding carboxylic acids is 1. The van der Waals surface area contributed by atoms with E-state index >= 15 is 0 Å². The van der Waals surface area contributed by atoms with Gasteiger partial charge in [-0.25, -0.2) is 0 Å². The fourth-order valence-corrected chi connectivity index (χ4v) is 1.83. The van der Waals surface area contributed by atoms with E-state index in [1.807, 2.05) is 7.05 Å². The highest BCUT2D eigenvalue weighted by atomic mass is 16.5. The molecule has 0 saturated carbocycles. The largest absolute Gasteiger partial charge is 0.465 e. The van der Waals surface area contributed by atoms with Crippen molar-refractivity contribution in [3.8, 4) is 0 Å². The number of nitrogens with two attached hydrogens (primary N) is 1. The van der Waals surface area contributed by atoms with Gasteiger partial charge in [0.2, 0.25) is 0 Å². The Labute approximate surface area is 111 Å². The van der Waals surface area contributed by atoms with Crippen molar-refractivity contribution in [3.63, 3.8) is 0 Å². The molecule has 0 radical (unpaired) electrons. The van der Waals surface area contributed by atoms with Gasteiger partial charge in [0.15, 0.2) is 0 Å². The van der Waals surface area contributed by atoms with Gasteiger partial charge >= 0.3 is 5.97 Å². The van der Waals surface area contributed by atoms with E-state index in [1.165, 1.54) is 0 Å². The van der Waals surface area contributed by atoms with E-state index < -0.39 is 5.54 Å². The lowest BCUT2D eigenvalue weighted by Crippen LogP contribution is -2.50. The Morgan fingerprint density at radius 3 is 2.61 bits per heavy atom. The lowest BCUT2D eigenvalue weighted by molar-refractivity contribution is -0.149. The molecule has 0 amide bonds. The van der Waals surface area contributed by atoms with Crippen LogP contribution in [0.2, 0.25) is 0 Å². The van der Waals surface area contributed by atoms with Crippen molar-refractivity contribution >= 4 is 5.97 Å². The van der Waals surface area contributed by atoms with E-state index in [0.29, 0.717) is 13.0 Å². The molecule has 0 heterocycles. The molecule has 0 saturated heterocycles. The maximum absolute atomic E-state index is 11.7. The van der Waals surface area contributed by atoms with Crippen LogP contribution in [0.25, 0.3) is 0 Å². The van der Waals surface area contributed by atoms with Crippen molar-refractivity contribution in [2.24, 2.45) is 5.73 Å². The van der Waals surface area contributed by atoms with Crippen LogP contribution in [0.3, 0.4) is 0 Å². The molecule has 0 aromatic rings. The number of carbonyl (C=O) groups is 1. The molecule has 2 atom stereocenters. The van der Waals surface area contributed by atoms with Gasteiger partial charge in [0, 0.05) is 26.3 Å². The molecule has 5 heteroatoms. The second kappa shape index (κ2) is 8.45. The maximum Gasteiger partial charge on any atom is 0.325 e. The van der Waals surface area contributed by atoms with Crippen LogP contribution >= 0.6 is 0 Å². The van der Waals surface area contributed by atoms with Gasteiger partial charge in [-0.15, -0.1) is 0 Å². The van der Waals surface area contributed by atoms with Gasteiger partial charge in [-0.3, -0.25) is 4.79 Å². The van der Waals surface area contributed by atoms with Crippen molar-refractivity contribution in [1.82, 2.24) is 4.90 Å². The molecule has 0 aliphatic rings. The van der Waals surface area contributed by atoms with Crippen LogP contribution in [0.4, 0.5) is 0 Å². The minimum atomic E-state index is -0.926. The fourth-order valence-electron chi connectivity index (χ4n) is 1.83. The highest BCUT2D eigenvalue weighted by Crippen LogP contribution is 2.15. The summed E-state index contributed by atoms with van der Waals surface area (Å²) in [4.78, 5) is 13.9. The van der Waals surface area contributed by atoms with Gasteiger partial charge in [0.25, 0.3) is 0 Å². The molecule has 108 valence electrons. The summed E-state index contributed by atoms with van der Waals surface area (Å²) >= 11 is 0. The lowest BCUT2D eigenvalue weighted by Gasteiger charge is -2.31. The average molecular weight is 260 g/mol. The minimum Gasteiger partial charge on any atom is -0.465 e. The van der Waals surface area contributed by atoms with Crippen molar-refractivity contribution in [3.05, 3.63) is 0 Å². The summed E-state index contributed by atoms with van der Waals surface area (Å²) in [6, 6.07) is 0.223. The van der Waals surface area contributed by atoms with Gasteiger partial charge in [-0.2, -0.15) is 0 Å². The van der Waals surface area contributed by atoms with E-state index in [1.54, 1.807) is 21.0 Å². The molecule has 0 aliphatic carbocycles. The third kappa shape index (κ3) is 6.33. The Hall–Kier alpha value is -0.650. The molecule has 0 aromatic heterocycles. The third-order valence-corrected chi connectivity index (χ3v) is 3.07. The van der Waals surface area contributed by atoms with Crippen LogP contribution in [0.1, 0.15) is 33.6 Å². The maximum atomic E-state index is 11.7. The first kappa shape index (κ1) is 17.4.